The first-order chi connectivity index (χ1) is 18.5. The predicted molar refractivity (Wildman–Crippen MR) is 141 cm³/mol. The summed E-state index contributed by atoms with van der Waals surface area (Å²) >= 11 is 5.95. The van der Waals surface area contributed by atoms with Crippen molar-refractivity contribution in [3.63, 3.8) is 0 Å². The largest absolute Gasteiger partial charge is 0.490 e. The maximum absolute atomic E-state index is 13.5. The van der Waals surface area contributed by atoms with E-state index in [9.17, 15) is 22.8 Å². The molecule has 39 heavy (non-hydrogen) atoms. The summed E-state index contributed by atoms with van der Waals surface area (Å²) in [7, 11) is 0. The number of alkyl halides is 3. The number of piperazine rings is 1. The molecule has 212 valence electrons. The minimum Gasteiger partial charge on any atom is -0.475 e. The number of benzene rings is 2. The number of nitrogens with one attached hydrogen (secondary N) is 1. The number of aliphatic carboxylic acids is 1. The van der Waals surface area contributed by atoms with Crippen molar-refractivity contribution in [1.29, 1.82) is 0 Å². The predicted octanol–water partition coefficient (Wildman–Crippen LogP) is 5.17. The Labute approximate surface area is 230 Å². The van der Waals surface area contributed by atoms with Crippen molar-refractivity contribution >= 4 is 29.4 Å². The molecule has 0 aromatic heterocycles. The second-order valence-corrected chi connectivity index (χ2v) is 10.2. The van der Waals surface area contributed by atoms with E-state index in [1.807, 2.05) is 35.2 Å². The molecule has 2 aromatic rings. The molecule has 2 N–H and O–H groups in total. The molecule has 2 fully saturated rings. The van der Waals surface area contributed by atoms with Crippen molar-refractivity contribution in [1.82, 2.24) is 15.1 Å². The fraction of sp³-hybridized carbons (Fsp3) is 0.464. The maximum Gasteiger partial charge on any atom is 0.490 e. The Morgan fingerprint density at radius 1 is 0.923 bits per heavy atom. The van der Waals surface area contributed by atoms with Crippen molar-refractivity contribution in [3.8, 4) is 0 Å². The average Bonchev–Trinajstić information content (AvgIpc) is 2.93. The van der Waals surface area contributed by atoms with Crippen LogP contribution in [0.4, 0.5) is 13.2 Å². The number of carbonyl (C=O) groups is 3. The second kappa shape index (κ2) is 14.3. The molecule has 4 rings (SSSR count). The number of carboxylic acids is 1. The van der Waals surface area contributed by atoms with Crippen molar-refractivity contribution < 1.29 is 32.7 Å². The molecule has 1 heterocycles. The van der Waals surface area contributed by atoms with Gasteiger partial charge in [0.2, 0.25) is 5.91 Å². The van der Waals surface area contributed by atoms with Crippen LogP contribution in [0, 0.1) is 5.92 Å². The summed E-state index contributed by atoms with van der Waals surface area (Å²) in [6, 6.07) is 15.5. The van der Waals surface area contributed by atoms with Crippen LogP contribution in [-0.2, 0) is 9.59 Å². The number of nitrogens with zero attached hydrogens (tertiary/aromatic N) is 2. The first kappa shape index (κ1) is 30.4. The van der Waals surface area contributed by atoms with Crippen LogP contribution in [0.2, 0.25) is 5.02 Å². The van der Waals surface area contributed by atoms with Gasteiger partial charge in [0.05, 0.1) is 0 Å². The quantitative estimate of drug-likeness (QED) is 0.503. The summed E-state index contributed by atoms with van der Waals surface area (Å²) in [4.78, 5) is 39.7. The highest BCUT2D eigenvalue weighted by atomic mass is 35.5. The van der Waals surface area contributed by atoms with Crippen LogP contribution in [0.1, 0.15) is 54.1 Å². The van der Waals surface area contributed by atoms with Crippen LogP contribution in [0.3, 0.4) is 0 Å². The Bertz CT molecular complexity index is 1090. The normalized spacial score (nSPS) is 17.5. The van der Waals surface area contributed by atoms with E-state index in [-0.39, 0.29) is 11.8 Å². The summed E-state index contributed by atoms with van der Waals surface area (Å²) < 4.78 is 31.7. The number of hydrogen-bond donors (Lipinski definition) is 2. The Balaban J connectivity index is 0.000000532. The van der Waals surface area contributed by atoms with E-state index in [1.54, 1.807) is 24.3 Å². The summed E-state index contributed by atoms with van der Waals surface area (Å²) in [6.45, 7) is 4.35. The van der Waals surface area contributed by atoms with Gasteiger partial charge in [-0.15, -0.1) is 0 Å². The lowest BCUT2D eigenvalue weighted by molar-refractivity contribution is -0.192. The third-order valence-corrected chi connectivity index (χ3v) is 7.18. The van der Waals surface area contributed by atoms with Crippen LogP contribution in [0.15, 0.2) is 54.6 Å². The Morgan fingerprint density at radius 2 is 1.49 bits per heavy atom. The molecule has 1 saturated carbocycles. The number of hydrogen-bond acceptors (Lipinski definition) is 4. The van der Waals surface area contributed by atoms with E-state index < -0.39 is 18.2 Å². The molecule has 11 heteroatoms. The molecular formula is C28H33ClF3N3O4. The minimum absolute atomic E-state index is 0.0455. The van der Waals surface area contributed by atoms with Crippen molar-refractivity contribution in [2.75, 3.05) is 32.7 Å². The minimum atomic E-state index is -5.08. The van der Waals surface area contributed by atoms with Gasteiger partial charge in [-0.2, -0.15) is 13.2 Å². The van der Waals surface area contributed by atoms with Gasteiger partial charge in [0, 0.05) is 43.3 Å². The highest BCUT2D eigenvalue weighted by molar-refractivity contribution is 6.30. The zero-order chi connectivity index (χ0) is 28.4. The van der Waals surface area contributed by atoms with Gasteiger partial charge in [-0.25, -0.2) is 4.79 Å². The molecule has 2 aliphatic rings. The zero-order valence-electron chi connectivity index (χ0n) is 21.5. The fourth-order valence-corrected chi connectivity index (χ4v) is 4.94. The van der Waals surface area contributed by atoms with Crippen molar-refractivity contribution in [3.05, 3.63) is 70.7 Å². The summed E-state index contributed by atoms with van der Waals surface area (Å²) in [5.74, 6) is -2.27. The van der Waals surface area contributed by atoms with Gasteiger partial charge in [-0.1, -0.05) is 61.2 Å². The maximum atomic E-state index is 13.5. The first-order valence-corrected chi connectivity index (χ1v) is 13.3. The van der Waals surface area contributed by atoms with Crippen molar-refractivity contribution in [2.45, 2.75) is 44.3 Å². The van der Waals surface area contributed by atoms with Gasteiger partial charge >= 0.3 is 12.1 Å². The molecule has 7 nitrogen and oxygen atoms in total. The number of rotatable bonds is 6. The second-order valence-electron chi connectivity index (χ2n) is 9.76. The Hall–Kier alpha value is -3.11. The molecule has 0 spiro atoms. The number of amides is 2. The third kappa shape index (κ3) is 9.54. The standard InChI is InChI=1S/C26H32ClN3O2.C2HF3O2/c27-23-13-11-22(12-14-23)25(31)28-24(21-9-5-2-6-10-21)26(32)30-17-15-29(16-18-30)19-20-7-3-1-4-8-20;3-2(4,5)1(6)7/h2,5-6,9-14,20,24H,1,3-4,7-8,15-19H2,(H,28,31);(H,6,7)/t24-;/m1./s1. The summed E-state index contributed by atoms with van der Waals surface area (Å²) in [5.41, 5.74) is 1.28. The van der Waals surface area contributed by atoms with Gasteiger partial charge in [0.25, 0.3) is 5.91 Å². The molecule has 1 aliphatic carbocycles. The van der Waals surface area contributed by atoms with E-state index in [0.29, 0.717) is 23.7 Å². The summed E-state index contributed by atoms with van der Waals surface area (Å²) in [5, 5.41) is 10.7. The van der Waals surface area contributed by atoms with E-state index in [0.717, 1.165) is 31.1 Å². The molecule has 2 amide bonds. The number of halogens is 4. The van der Waals surface area contributed by atoms with E-state index in [1.165, 1.54) is 32.1 Å². The molecule has 1 saturated heterocycles. The molecule has 0 radical (unpaired) electrons. The molecule has 0 bridgehead atoms. The smallest absolute Gasteiger partial charge is 0.475 e. The van der Waals surface area contributed by atoms with Gasteiger partial charge in [0.1, 0.15) is 6.04 Å². The monoisotopic (exact) mass is 567 g/mol. The Morgan fingerprint density at radius 3 is 2.03 bits per heavy atom. The molecule has 0 unspecified atom stereocenters. The van der Waals surface area contributed by atoms with Gasteiger partial charge in [-0.3, -0.25) is 14.5 Å². The van der Waals surface area contributed by atoms with E-state index in [4.69, 9.17) is 21.5 Å². The fourth-order valence-electron chi connectivity index (χ4n) is 4.82. The lowest BCUT2D eigenvalue weighted by atomic mass is 9.89. The van der Waals surface area contributed by atoms with Crippen LogP contribution >= 0.6 is 11.6 Å². The molecular weight excluding hydrogens is 535 g/mol. The molecule has 2 aromatic carbocycles. The topological polar surface area (TPSA) is 90.0 Å². The Kier molecular flexibility index (Phi) is 11.2. The van der Waals surface area contributed by atoms with E-state index in [2.05, 4.69) is 10.2 Å². The lowest BCUT2D eigenvalue weighted by Gasteiger charge is -2.38. The highest BCUT2D eigenvalue weighted by Crippen LogP contribution is 2.25. The molecule has 1 atom stereocenters. The zero-order valence-corrected chi connectivity index (χ0v) is 22.3. The average molecular weight is 568 g/mol. The van der Waals surface area contributed by atoms with Crippen molar-refractivity contribution in [2.24, 2.45) is 5.92 Å². The summed E-state index contributed by atoms with van der Waals surface area (Å²) in [6.07, 6.45) is 1.68. The third-order valence-electron chi connectivity index (χ3n) is 6.93. The number of carbonyl (C=O) groups excluding carboxylic acids is 2. The van der Waals surface area contributed by atoms with Gasteiger partial charge in [0.15, 0.2) is 0 Å². The lowest BCUT2D eigenvalue weighted by Crippen LogP contribution is -2.52. The molecule has 1 aliphatic heterocycles. The van der Waals surface area contributed by atoms with Crippen LogP contribution in [-0.4, -0.2) is 71.6 Å². The number of carboxylic acid groups (broad SMARTS) is 1. The van der Waals surface area contributed by atoms with Gasteiger partial charge in [-0.05, 0) is 48.6 Å². The van der Waals surface area contributed by atoms with Gasteiger partial charge < -0.3 is 15.3 Å². The first-order valence-electron chi connectivity index (χ1n) is 13.0. The van der Waals surface area contributed by atoms with E-state index >= 15 is 0 Å². The van der Waals surface area contributed by atoms with Crippen LogP contribution in [0.5, 0.6) is 0 Å². The van der Waals surface area contributed by atoms with Crippen LogP contribution < -0.4 is 5.32 Å². The van der Waals surface area contributed by atoms with Crippen LogP contribution in [0.25, 0.3) is 0 Å². The highest BCUT2D eigenvalue weighted by Gasteiger charge is 2.38. The SMILES string of the molecule is O=C(N[C@@H](C(=O)N1CCN(CC2CCCCC2)CC1)c1ccccc1)c1ccc(Cl)cc1.O=C(O)C(F)(F)F.